The summed E-state index contributed by atoms with van der Waals surface area (Å²) in [5, 5.41) is 7.95. The van der Waals surface area contributed by atoms with Gasteiger partial charge in [0.15, 0.2) is 0 Å². The van der Waals surface area contributed by atoms with Crippen LogP contribution in [0.2, 0.25) is 0 Å². The van der Waals surface area contributed by atoms with Gasteiger partial charge in [0.25, 0.3) is 0 Å². The predicted octanol–water partition coefficient (Wildman–Crippen LogP) is 1.25. The van der Waals surface area contributed by atoms with Crippen LogP contribution in [-0.2, 0) is 0 Å². The molecule has 4 heteroatoms. The molecule has 62 valence electrons. The molecule has 0 N–H and O–H groups in total. The highest BCUT2D eigenvalue weighted by Crippen LogP contribution is 2.15. The van der Waals surface area contributed by atoms with Crippen LogP contribution < -0.4 is 0 Å². The third-order valence-electron chi connectivity index (χ3n) is 1.82. The van der Waals surface area contributed by atoms with Crippen LogP contribution in [0.25, 0.3) is 5.52 Å². The van der Waals surface area contributed by atoms with E-state index >= 15 is 0 Å². The maximum Gasteiger partial charge on any atom is 0.123 e. The molecule has 4 nitrogen and oxygen atoms in total. The summed E-state index contributed by atoms with van der Waals surface area (Å²) in [6.45, 7) is 4.19. The van der Waals surface area contributed by atoms with E-state index in [2.05, 4.69) is 29.0 Å². The number of aromatic nitrogens is 4. The van der Waals surface area contributed by atoms with Crippen molar-refractivity contribution in [3.05, 3.63) is 24.5 Å². The van der Waals surface area contributed by atoms with Gasteiger partial charge in [0.1, 0.15) is 12.7 Å². The van der Waals surface area contributed by atoms with Gasteiger partial charge in [0, 0.05) is 0 Å². The molecule has 0 aromatic carbocycles. The molecule has 0 saturated carbocycles. The zero-order chi connectivity index (χ0) is 8.55. The molecular weight excluding hydrogens is 152 g/mol. The molecule has 2 aromatic heterocycles. The molecule has 0 fully saturated rings. The Morgan fingerprint density at radius 1 is 1.33 bits per heavy atom. The highest BCUT2D eigenvalue weighted by atomic mass is 15.2. The van der Waals surface area contributed by atoms with Gasteiger partial charge in [-0.3, -0.25) is 4.40 Å². The second-order valence-electron chi connectivity index (χ2n) is 3.06. The van der Waals surface area contributed by atoms with Crippen LogP contribution in [0.1, 0.15) is 25.5 Å². The van der Waals surface area contributed by atoms with Gasteiger partial charge in [-0.25, -0.2) is 4.98 Å². The highest BCUT2D eigenvalue weighted by Gasteiger charge is 2.06. The highest BCUT2D eigenvalue weighted by molar-refractivity contribution is 5.49. The van der Waals surface area contributed by atoms with Crippen molar-refractivity contribution in [1.29, 1.82) is 0 Å². The van der Waals surface area contributed by atoms with Crippen molar-refractivity contribution < 1.29 is 0 Å². The third kappa shape index (κ3) is 0.958. The van der Waals surface area contributed by atoms with E-state index in [1.54, 1.807) is 12.7 Å². The van der Waals surface area contributed by atoms with E-state index in [0.29, 0.717) is 5.92 Å². The van der Waals surface area contributed by atoms with Crippen LogP contribution in [-0.4, -0.2) is 19.6 Å². The number of rotatable bonds is 1. The lowest BCUT2D eigenvalue weighted by Gasteiger charge is -2.03. The summed E-state index contributed by atoms with van der Waals surface area (Å²) < 4.78 is 1.88. The molecule has 0 radical (unpaired) electrons. The number of hydrogen-bond donors (Lipinski definition) is 0. The summed E-state index contributed by atoms with van der Waals surface area (Å²) in [7, 11) is 0. The third-order valence-corrected chi connectivity index (χ3v) is 1.82. The molecule has 0 spiro atoms. The van der Waals surface area contributed by atoms with E-state index in [-0.39, 0.29) is 0 Å². The minimum atomic E-state index is 0.387. The molecule has 0 atom stereocenters. The van der Waals surface area contributed by atoms with Gasteiger partial charge < -0.3 is 0 Å². The average Bonchev–Trinajstić information content (AvgIpc) is 2.49. The molecule has 0 aliphatic carbocycles. The number of imidazole rings is 1. The van der Waals surface area contributed by atoms with E-state index in [0.717, 1.165) is 11.2 Å². The minimum Gasteiger partial charge on any atom is -0.286 e. The van der Waals surface area contributed by atoms with Crippen LogP contribution in [0.15, 0.2) is 18.9 Å². The first kappa shape index (κ1) is 7.21. The first-order chi connectivity index (χ1) is 5.79. The van der Waals surface area contributed by atoms with Crippen LogP contribution >= 0.6 is 0 Å². The van der Waals surface area contributed by atoms with Crippen molar-refractivity contribution in [3.8, 4) is 0 Å². The van der Waals surface area contributed by atoms with Crippen molar-refractivity contribution in [3.63, 3.8) is 0 Å². The predicted molar refractivity (Wildman–Crippen MR) is 44.9 cm³/mol. The molecule has 0 aliphatic heterocycles. The fourth-order valence-corrected chi connectivity index (χ4v) is 1.20. The second-order valence-corrected chi connectivity index (χ2v) is 3.06. The molecule has 0 aliphatic rings. The molecule has 2 heterocycles. The zero-order valence-electron chi connectivity index (χ0n) is 7.10. The molecule has 0 amide bonds. The number of hydrogen-bond acceptors (Lipinski definition) is 3. The maximum atomic E-state index is 4.07. The normalized spacial score (nSPS) is 11.2. The molecule has 2 rings (SSSR count). The summed E-state index contributed by atoms with van der Waals surface area (Å²) in [6.07, 6.45) is 5.20. The Morgan fingerprint density at radius 3 is 2.92 bits per heavy atom. The smallest absolute Gasteiger partial charge is 0.123 e. The fraction of sp³-hybridized carbons (Fsp3) is 0.375. The molecule has 0 unspecified atom stereocenters. The van der Waals surface area contributed by atoms with Crippen LogP contribution in [0, 0.1) is 0 Å². The van der Waals surface area contributed by atoms with Gasteiger partial charge in [0.05, 0.1) is 17.4 Å². The molecule has 2 aromatic rings. The Kier molecular flexibility index (Phi) is 1.53. The van der Waals surface area contributed by atoms with Crippen molar-refractivity contribution in [2.75, 3.05) is 0 Å². The summed E-state index contributed by atoms with van der Waals surface area (Å²) in [5.41, 5.74) is 2.04. The quantitative estimate of drug-likeness (QED) is 0.633. The van der Waals surface area contributed by atoms with Crippen molar-refractivity contribution in [1.82, 2.24) is 19.6 Å². The Labute approximate surface area is 70.3 Å². The van der Waals surface area contributed by atoms with Crippen LogP contribution in [0.5, 0.6) is 0 Å². The van der Waals surface area contributed by atoms with Gasteiger partial charge in [-0.1, -0.05) is 13.8 Å². The topological polar surface area (TPSA) is 43.1 Å². The molecule has 0 bridgehead atoms. The first-order valence-electron chi connectivity index (χ1n) is 3.92. The lowest BCUT2D eigenvalue weighted by molar-refractivity contribution is 0.774. The molecule has 12 heavy (non-hydrogen) atoms. The fourth-order valence-electron chi connectivity index (χ4n) is 1.20. The number of nitrogens with zero attached hydrogens (tertiary/aromatic N) is 4. The Morgan fingerprint density at radius 2 is 2.17 bits per heavy atom. The minimum absolute atomic E-state index is 0.387. The lowest BCUT2D eigenvalue weighted by atomic mass is 10.1. The first-order valence-corrected chi connectivity index (χ1v) is 3.92. The van der Waals surface area contributed by atoms with Crippen LogP contribution in [0.4, 0.5) is 0 Å². The molecule has 0 saturated heterocycles. The van der Waals surface area contributed by atoms with Gasteiger partial charge in [0.2, 0.25) is 0 Å². The molecular formula is C8H10N4. The largest absolute Gasteiger partial charge is 0.286 e. The SMILES string of the molecule is CC(C)c1nncn2cncc12. The number of fused-ring (bicyclic) bond motifs is 1. The van der Waals surface area contributed by atoms with Gasteiger partial charge in [-0.05, 0) is 5.92 Å². The van der Waals surface area contributed by atoms with Crippen LogP contribution in [0.3, 0.4) is 0 Å². The monoisotopic (exact) mass is 162 g/mol. The Balaban J connectivity index is 2.73. The zero-order valence-corrected chi connectivity index (χ0v) is 7.10. The summed E-state index contributed by atoms with van der Waals surface area (Å²) >= 11 is 0. The average molecular weight is 162 g/mol. The maximum absolute atomic E-state index is 4.07. The summed E-state index contributed by atoms with van der Waals surface area (Å²) in [4.78, 5) is 4.03. The van der Waals surface area contributed by atoms with E-state index in [9.17, 15) is 0 Å². The summed E-state index contributed by atoms with van der Waals surface area (Å²) in [5.74, 6) is 0.387. The van der Waals surface area contributed by atoms with E-state index in [1.807, 2.05) is 10.6 Å². The lowest BCUT2D eigenvalue weighted by Crippen LogP contribution is -1.99. The van der Waals surface area contributed by atoms with Gasteiger partial charge in [-0.15, -0.1) is 5.10 Å². The Bertz CT molecular complexity index is 391. The van der Waals surface area contributed by atoms with Gasteiger partial charge >= 0.3 is 0 Å². The second kappa shape index (κ2) is 2.55. The van der Waals surface area contributed by atoms with Crippen molar-refractivity contribution >= 4 is 5.52 Å². The van der Waals surface area contributed by atoms with E-state index in [1.165, 1.54) is 0 Å². The van der Waals surface area contributed by atoms with E-state index in [4.69, 9.17) is 0 Å². The summed E-state index contributed by atoms with van der Waals surface area (Å²) in [6, 6.07) is 0. The Hall–Kier alpha value is -1.45. The van der Waals surface area contributed by atoms with E-state index < -0.39 is 0 Å². The van der Waals surface area contributed by atoms with Crippen molar-refractivity contribution in [2.24, 2.45) is 0 Å². The standard InChI is InChI=1S/C8H10N4/c1-6(2)8-7-3-9-4-12(7)5-10-11-8/h3-6H,1-2H3. The van der Waals surface area contributed by atoms with Gasteiger partial charge in [-0.2, -0.15) is 5.10 Å². The van der Waals surface area contributed by atoms with Crippen molar-refractivity contribution in [2.45, 2.75) is 19.8 Å².